The van der Waals surface area contributed by atoms with Gasteiger partial charge >= 0.3 is 35.0 Å². The molecule has 0 spiro atoms. The van der Waals surface area contributed by atoms with E-state index in [2.05, 4.69) is 27.4 Å². The molecular weight excluding hydrogens is 643 g/mol. The van der Waals surface area contributed by atoms with Gasteiger partial charge in [0, 0.05) is 18.5 Å². The number of nitrogens with zero attached hydrogens (tertiary/aromatic N) is 4. The summed E-state index contributed by atoms with van der Waals surface area (Å²) in [7, 11) is 1.27. The number of ketones is 1. The molecule has 11 heteroatoms. The first-order valence-corrected chi connectivity index (χ1v) is 17.0. The predicted octanol–water partition coefficient (Wildman–Crippen LogP) is 3.28. The molecular formula is C39H43MgN5O5-2. The van der Waals surface area contributed by atoms with Gasteiger partial charge in [0.05, 0.1) is 7.11 Å². The first kappa shape index (κ1) is 37.2. The van der Waals surface area contributed by atoms with Crippen LogP contribution in [-0.4, -0.2) is 60.5 Å². The van der Waals surface area contributed by atoms with Crippen LogP contribution in [0.3, 0.4) is 0 Å². The summed E-state index contributed by atoms with van der Waals surface area (Å²) in [6, 6.07) is -0.247. The molecule has 2 N–H and O–H groups in total. The van der Waals surface area contributed by atoms with Crippen molar-refractivity contribution in [2.45, 2.75) is 72.9 Å². The minimum atomic E-state index is -1.24. The van der Waals surface area contributed by atoms with Crippen molar-refractivity contribution in [1.29, 1.82) is 0 Å². The number of carbonyl (C=O) groups is 3. The van der Waals surface area contributed by atoms with E-state index in [1.807, 2.05) is 38.2 Å². The molecule has 0 amide bonds. The van der Waals surface area contributed by atoms with Gasteiger partial charge in [-0.1, -0.05) is 85.4 Å². The summed E-state index contributed by atoms with van der Waals surface area (Å²) in [6.07, 6.45) is 11.1. The molecule has 3 aromatic heterocycles. The summed E-state index contributed by atoms with van der Waals surface area (Å²) in [5, 5.41) is 6.83. The summed E-state index contributed by atoms with van der Waals surface area (Å²) in [6.45, 7) is 14.5. The molecule has 258 valence electrons. The normalized spacial score (nSPS) is 23.5. The van der Waals surface area contributed by atoms with Gasteiger partial charge in [-0.15, -0.1) is 33.8 Å². The van der Waals surface area contributed by atoms with Crippen LogP contribution < -0.4 is 31.4 Å². The van der Waals surface area contributed by atoms with Crippen molar-refractivity contribution in [3.05, 3.63) is 96.6 Å². The van der Waals surface area contributed by atoms with E-state index in [0.717, 1.165) is 50.8 Å². The van der Waals surface area contributed by atoms with Crippen molar-refractivity contribution >= 4 is 64.6 Å². The van der Waals surface area contributed by atoms with Crippen molar-refractivity contribution in [3.8, 4) is 0 Å². The third-order valence-corrected chi connectivity index (χ3v) is 10.4. The first-order valence-electron chi connectivity index (χ1n) is 17.0. The molecule has 1 saturated heterocycles. The summed E-state index contributed by atoms with van der Waals surface area (Å²) < 4.78 is 10.6. The molecule has 50 heavy (non-hydrogen) atoms. The van der Waals surface area contributed by atoms with Crippen LogP contribution in [0.4, 0.5) is 0 Å². The second-order valence-electron chi connectivity index (χ2n) is 13.0. The molecule has 0 aromatic carbocycles. The number of fused-ring (bicyclic) bond motifs is 7. The standard InChI is InChI=1S/C39H44N5O5.Mg/c1-8-11-14-49-32(45)13-12-24-21(6)28-15-26-19(4)22(9-2)29(41-26)16-27-20(5)23(10-3)30(42-27)17-31-25(18-40)33-37(44-31)34(36(24)43-28)35(38(33)46)39(47)48-7;/h8-9,11,16-17,21,24,28,35H,2,10,12-15,18,40H2,1,3-7H3,(H-,43,44,46);/q-3;+2/p-1/b11-8+,27-16-,30-17-;/t21-,24-,28?,35+;/m0./s1. The van der Waals surface area contributed by atoms with Crippen LogP contribution >= 0.6 is 0 Å². The van der Waals surface area contributed by atoms with E-state index < -0.39 is 17.7 Å². The van der Waals surface area contributed by atoms with Crippen LogP contribution in [0.2, 0.25) is 0 Å². The maximum absolute atomic E-state index is 14.2. The number of allylic oxidation sites excluding steroid dienone is 2. The number of ether oxygens (including phenoxy) is 2. The summed E-state index contributed by atoms with van der Waals surface area (Å²) >= 11 is 0. The fourth-order valence-corrected chi connectivity index (χ4v) is 7.71. The second kappa shape index (κ2) is 15.0. The molecule has 0 saturated carbocycles. The number of Topliss-reactive ketones (excluding diaryl/α,β-unsaturated/α-hetero) is 1. The number of hydrogen-bond acceptors (Lipinski definition) is 6. The van der Waals surface area contributed by atoms with E-state index in [-0.39, 0.29) is 66.5 Å². The SMILES string of the molecule is C=Cc1c2[n-]c(c1C)CC1[N-]/C(=C3\c4[n-]c(c(CN)c4C(=O)[C@@H]3C(=O)OC)/C=c3\[n-]/c(c(C)c3CC)=C\2)[C@@H](CCC(=O)OC/C=C/C)[C@@H]1C.[Mg+2]. The summed E-state index contributed by atoms with van der Waals surface area (Å²) in [5.74, 6) is -2.98. The molecule has 1 unspecified atom stereocenters. The molecule has 3 aromatic rings. The minimum Gasteiger partial charge on any atom is -0.684 e. The monoisotopic (exact) mass is 685 g/mol. The average molecular weight is 686 g/mol. The van der Waals surface area contributed by atoms with Crippen LogP contribution in [0.5, 0.6) is 0 Å². The van der Waals surface area contributed by atoms with Gasteiger partial charge in [-0.25, -0.2) is 0 Å². The van der Waals surface area contributed by atoms with Gasteiger partial charge in [-0.3, -0.25) is 14.4 Å². The Bertz CT molecular complexity index is 2040. The van der Waals surface area contributed by atoms with E-state index in [0.29, 0.717) is 46.6 Å². The van der Waals surface area contributed by atoms with Gasteiger partial charge in [0.25, 0.3) is 0 Å². The number of nitrogens with two attached hydrogens (primary N) is 1. The van der Waals surface area contributed by atoms with Crippen LogP contribution in [0.25, 0.3) is 29.1 Å². The quantitative estimate of drug-likeness (QED) is 0.155. The number of hydrogen-bond donors (Lipinski definition) is 1. The Morgan fingerprint density at radius 2 is 1.82 bits per heavy atom. The van der Waals surface area contributed by atoms with E-state index in [4.69, 9.17) is 35.5 Å². The smallest absolute Gasteiger partial charge is 0.684 e. The summed E-state index contributed by atoms with van der Waals surface area (Å²) in [4.78, 5) is 55.6. The largest absolute Gasteiger partial charge is 2.00 e. The molecule has 3 aliphatic rings. The molecule has 1 aliphatic carbocycles. The molecule has 4 atom stereocenters. The number of aromatic nitrogens is 3. The minimum absolute atomic E-state index is 0. The fourth-order valence-electron chi connectivity index (χ4n) is 7.71. The van der Waals surface area contributed by atoms with Crippen molar-refractivity contribution in [3.63, 3.8) is 0 Å². The van der Waals surface area contributed by atoms with Gasteiger partial charge in [-0.2, -0.15) is 11.4 Å². The number of rotatable bonds is 9. The molecule has 8 bridgehead atoms. The topological polar surface area (TPSA) is 152 Å². The zero-order valence-electron chi connectivity index (χ0n) is 29.8. The zero-order chi connectivity index (χ0) is 35.1. The Morgan fingerprint density at radius 3 is 2.48 bits per heavy atom. The Balaban J connectivity index is 0.00000486. The van der Waals surface area contributed by atoms with E-state index >= 15 is 0 Å². The van der Waals surface area contributed by atoms with Gasteiger partial charge < -0.3 is 35.5 Å². The van der Waals surface area contributed by atoms with Gasteiger partial charge in [0.1, 0.15) is 12.5 Å². The van der Waals surface area contributed by atoms with Crippen molar-refractivity contribution in [2.24, 2.45) is 23.5 Å². The number of esters is 2. The van der Waals surface area contributed by atoms with Crippen LogP contribution in [0.15, 0.2) is 24.4 Å². The molecule has 2 aliphatic heterocycles. The van der Waals surface area contributed by atoms with Crippen molar-refractivity contribution in [2.75, 3.05) is 13.7 Å². The van der Waals surface area contributed by atoms with Crippen LogP contribution in [0.1, 0.15) is 94.6 Å². The molecule has 1 fully saturated rings. The molecule has 0 radical (unpaired) electrons. The van der Waals surface area contributed by atoms with E-state index in [1.54, 1.807) is 6.08 Å². The molecule has 10 nitrogen and oxygen atoms in total. The third kappa shape index (κ3) is 6.24. The van der Waals surface area contributed by atoms with E-state index in [1.165, 1.54) is 7.11 Å². The van der Waals surface area contributed by atoms with Crippen molar-refractivity contribution in [1.82, 2.24) is 15.0 Å². The Morgan fingerprint density at radius 1 is 1.08 bits per heavy atom. The predicted molar refractivity (Wildman–Crippen MR) is 194 cm³/mol. The fraction of sp³-hybridized carbons (Fsp3) is 0.410. The Hall–Kier alpha value is -4.06. The average Bonchev–Trinajstić information content (AvgIpc) is 3.83. The zero-order valence-corrected chi connectivity index (χ0v) is 31.2. The first-order chi connectivity index (χ1) is 23.6. The van der Waals surface area contributed by atoms with Gasteiger partial charge in [0.15, 0.2) is 5.78 Å². The van der Waals surface area contributed by atoms with Gasteiger partial charge in [-0.05, 0) is 50.7 Å². The maximum Gasteiger partial charge on any atom is 2.00 e. The molecule has 6 rings (SSSR count). The molecule has 5 heterocycles. The number of carbonyl (C=O) groups excluding carboxylic acids is 3. The second-order valence-corrected chi connectivity index (χ2v) is 13.0. The maximum atomic E-state index is 14.2. The van der Waals surface area contributed by atoms with Gasteiger partial charge in [0.2, 0.25) is 0 Å². The van der Waals surface area contributed by atoms with Crippen molar-refractivity contribution < 1.29 is 23.9 Å². The third-order valence-electron chi connectivity index (χ3n) is 10.4. The summed E-state index contributed by atoms with van der Waals surface area (Å²) in [5.41, 5.74) is 14.9. The van der Waals surface area contributed by atoms with E-state index in [9.17, 15) is 14.4 Å². The number of methoxy groups -OCH3 is 1. The van der Waals surface area contributed by atoms with Crippen LogP contribution in [0, 0.1) is 31.6 Å². The van der Waals surface area contributed by atoms with Crippen LogP contribution in [-0.2, 0) is 38.4 Å². The Labute approximate surface area is 308 Å². The Kier molecular flexibility index (Phi) is 11.2.